The van der Waals surface area contributed by atoms with E-state index in [4.69, 9.17) is 4.74 Å². The lowest BCUT2D eigenvalue weighted by atomic mass is 10.1. The molecule has 0 amide bonds. The number of rotatable bonds is 1. The quantitative estimate of drug-likeness (QED) is 0.846. The standard InChI is InChI=1S/C18H22N4O/c1-13-6-9-23-10-8-22(13)15-4-5-16-17(11-15)20-12-14-3-2-7-19-18(14)21-16/h2-5,7,11,13,20H,6,8-10,12H2,1H3,(H,19,21). The highest BCUT2D eigenvalue weighted by Gasteiger charge is 2.20. The Balaban J connectivity index is 1.64. The summed E-state index contributed by atoms with van der Waals surface area (Å²) in [6.07, 6.45) is 2.89. The molecule has 120 valence electrons. The van der Waals surface area contributed by atoms with Gasteiger partial charge in [-0.15, -0.1) is 0 Å². The zero-order valence-corrected chi connectivity index (χ0v) is 13.4. The van der Waals surface area contributed by atoms with Crippen molar-refractivity contribution in [3.8, 4) is 0 Å². The fourth-order valence-electron chi connectivity index (χ4n) is 3.26. The molecule has 2 aliphatic heterocycles. The molecule has 1 aromatic heterocycles. The average Bonchev–Trinajstić information content (AvgIpc) is 2.90. The van der Waals surface area contributed by atoms with Crippen molar-refractivity contribution >= 4 is 22.9 Å². The number of benzene rings is 1. The van der Waals surface area contributed by atoms with Gasteiger partial charge in [0.1, 0.15) is 5.82 Å². The van der Waals surface area contributed by atoms with Crippen molar-refractivity contribution in [2.24, 2.45) is 0 Å². The van der Waals surface area contributed by atoms with E-state index in [0.29, 0.717) is 6.04 Å². The molecule has 0 radical (unpaired) electrons. The van der Waals surface area contributed by atoms with Gasteiger partial charge in [-0.3, -0.25) is 0 Å². The molecule has 2 N–H and O–H groups in total. The van der Waals surface area contributed by atoms with E-state index in [-0.39, 0.29) is 0 Å². The number of nitrogens with one attached hydrogen (secondary N) is 2. The van der Waals surface area contributed by atoms with Gasteiger partial charge in [0.2, 0.25) is 0 Å². The maximum absolute atomic E-state index is 5.61. The van der Waals surface area contributed by atoms with Gasteiger partial charge >= 0.3 is 0 Å². The number of fused-ring (bicyclic) bond motifs is 2. The van der Waals surface area contributed by atoms with Gasteiger partial charge in [-0.1, -0.05) is 6.07 Å². The normalized spacial score (nSPS) is 20.4. The summed E-state index contributed by atoms with van der Waals surface area (Å²) >= 11 is 0. The van der Waals surface area contributed by atoms with Crippen LogP contribution in [0.3, 0.4) is 0 Å². The van der Waals surface area contributed by atoms with Crippen molar-refractivity contribution in [3.63, 3.8) is 0 Å². The molecular formula is C18H22N4O. The van der Waals surface area contributed by atoms with E-state index in [2.05, 4.69) is 51.7 Å². The van der Waals surface area contributed by atoms with Crippen molar-refractivity contribution in [1.82, 2.24) is 4.98 Å². The number of hydrogen-bond acceptors (Lipinski definition) is 5. The van der Waals surface area contributed by atoms with Gasteiger partial charge in [0, 0.05) is 43.2 Å². The van der Waals surface area contributed by atoms with E-state index in [1.54, 1.807) is 0 Å². The molecule has 5 nitrogen and oxygen atoms in total. The molecule has 1 saturated heterocycles. The first-order valence-electron chi connectivity index (χ1n) is 8.24. The Morgan fingerprint density at radius 1 is 1.22 bits per heavy atom. The molecule has 23 heavy (non-hydrogen) atoms. The van der Waals surface area contributed by atoms with Crippen LogP contribution in [0.15, 0.2) is 36.5 Å². The molecule has 2 aliphatic rings. The molecule has 0 aliphatic carbocycles. The third-order valence-corrected chi connectivity index (χ3v) is 4.64. The summed E-state index contributed by atoms with van der Waals surface area (Å²) in [4.78, 5) is 6.87. The van der Waals surface area contributed by atoms with Crippen molar-refractivity contribution in [3.05, 3.63) is 42.1 Å². The molecule has 0 spiro atoms. The maximum Gasteiger partial charge on any atom is 0.135 e. The van der Waals surface area contributed by atoms with Crippen LogP contribution in [0.5, 0.6) is 0 Å². The number of nitrogens with zero attached hydrogens (tertiary/aromatic N) is 2. The zero-order chi connectivity index (χ0) is 15.6. The van der Waals surface area contributed by atoms with Gasteiger partial charge in [0.25, 0.3) is 0 Å². The van der Waals surface area contributed by atoms with Gasteiger partial charge in [-0.25, -0.2) is 4.98 Å². The Labute approximate surface area is 136 Å². The molecule has 4 rings (SSSR count). The minimum absolute atomic E-state index is 0.494. The highest BCUT2D eigenvalue weighted by atomic mass is 16.5. The first kappa shape index (κ1) is 14.3. The van der Waals surface area contributed by atoms with Crippen LogP contribution >= 0.6 is 0 Å². The Bertz CT molecular complexity index is 703. The molecule has 2 aromatic rings. The second-order valence-electron chi connectivity index (χ2n) is 6.16. The molecule has 1 fully saturated rings. The SMILES string of the molecule is CC1CCOCCN1c1ccc2c(c1)NCc1cccnc1N2. The Hall–Kier alpha value is -2.27. The lowest BCUT2D eigenvalue weighted by molar-refractivity contribution is 0.150. The van der Waals surface area contributed by atoms with Crippen LogP contribution in [0.25, 0.3) is 0 Å². The first-order chi connectivity index (χ1) is 11.3. The minimum atomic E-state index is 0.494. The summed E-state index contributed by atoms with van der Waals surface area (Å²) < 4.78 is 5.61. The smallest absolute Gasteiger partial charge is 0.135 e. The maximum atomic E-state index is 5.61. The summed E-state index contributed by atoms with van der Waals surface area (Å²) in [6, 6.07) is 11.1. The summed E-state index contributed by atoms with van der Waals surface area (Å²) in [5.41, 5.74) is 4.62. The predicted molar refractivity (Wildman–Crippen MR) is 93.5 cm³/mol. The van der Waals surface area contributed by atoms with Gasteiger partial charge in [0.15, 0.2) is 0 Å². The molecule has 3 heterocycles. The largest absolute Gasteiger partial charge is 0.380 e. The van der Waals surface area contributed by atoms with Crippen LogP contribution in [0.2, 0.25) is 0 Å². The van der Waals surface area contributed by atoms with E-state index in [9.17, 15) is 0 Å². The van der Waals surface area contributed by atoms with Crippen molar-refractivity contribution in [2.45, 2.75) is 25.9 Å². The lowest BCUT2D eigenvalue weighted by Gasteiger charge is -2.29. The molecule has 1 atom stereocenters. The minimum Gasteiger partial charge on any atom is -0.380 e. The Morgan fingerprint density at radius 2 is 2.17 bits per heavy atom. The van der Waals surface area contributed by atoms with Gasteiger partial charge in [-0.05, 0) is 37.6 Å². The third-order valence-electron chi connectivity index (χ3n) is 4.64. The van der Waals surface area contributed by atoms with E-state index in [1.807, 2.05) is 12.3 Å². The van der Waals surface area contributed by atoms with E-state index < -0.39 is 0 Å². The van der Waals surface area contributed by atoms with Crippen molar-refractivity contribution in [1.29, 1.82) is 0 Å². The van der Waals surface area contributed by atoms with Gasteiger partial charge < -0.3 is 20.3 Å². The Morgan fingerprint density at radius 3 is 3.13 bits per heavy atom. The molecular weight excluding hydrogens is 288 g/mol. The van der Waals surface area contributed by atoms with Gasteiger partial charge in [-0.2, -0.15) is 0 Å². The monoisotopic (exact) mass is 310 g/mol. The topological polar surface area (TPSA) is 49.4 Å². The number of pyridine rings is 1. The fraction of sp³-hybridized carbons (Fsp3) is 0.389. The van der Waals surface area contributed by atoms with Crippen molar-refractivity contribution in [2.75, 3.05) is 35.3 Å². The summed E-state index contributed by atoms with van der Waals surface area (Å²) in [5.74, 6) is 0.933. The lowest BCUT2D eigenvalue weighted by Crippen LogP contribution is -2.33. The summed E-state index contributed by atoms with van der Waals surface area (Å²) in [7, 11) is 0. The molecule has 1 aromatic carbocycles. The summed E-state index contributed by atoms with van der Waals surface area (Å²) in [6.45, 7) is 5.64. The van der Waals surface area contributed by atoms with E-state index in [0.717, 1.165) is 49.9 Å². The predicted octanol–water partition coefficient (Wildman–Crippen LogP) is 3.37. The molecule has 1 unspecified atom stereocenters. The zero-order valence-electron chi connectivity index (χ0n) is 13.4. The first-order valence-corrected chi connectivity index (χ1v) is 8.24. The second-order valence-corrected chi connectivity index (χ2v) is 6.16. The third kappa shape index (κ3) is 2.84. The van der Waals surface area contributed by atoms with E-state index in [1.165, 1.54) is 11.3 Å². The van der Waals surface area contributed by atoms with Crippen LogP contribution in [0.1, 0.15) is 18.9 Å². The van der Waals surface area contributed by atoms with Crippen LogP contribution in [0.4, 0.5) is 22.9 Å². The number of hydrogen-bond donors (Lipinski definition) is 2. The number of ether oxygens (including phenoxy) is 1. The average molecular weight is 310 g/mol. The second kappa shape index (κ2) is 6.08. The van der Waals surface area contributed by atoms with Gasteiger partial charge in [0.05, 0.1) is 18.0 Å². The van der Waals surface area contributed by atoms with Crippen LogP contribution in [-0.2, 0) is 11.3 Å². The fourth-order valence-corrected chi connectivity index (χ4v) is 3.26. The molecule has 0 saturated carbocycles. The Kier molecular flexibility index (Phi) is 3.79. The van der Waals surface area contributed by atoms with Crippen LogP contribution < -0.4 is 15.5 Å². The number of aromatic nitrogens is 1. The van der Waals surface area contributed by atoms with Crippen molar-refractivity contribution < 1.29 is 4.74 Å². The highest BCUT2D eigenvalue weighted by molar-refractivity contribution is 5.80. The molecule has 0 bridgehead atoms. The highest BCUT2D eigenvalue weighted by Crippen LogP contribution is 2.34. The van der Waals surface area contributed by atoms with Crippen LogP contribution in [-0.4, -0.2) is 30.8 Å². The van der Waals surface area contributed by atoms with Crippen LogP contribution in [0, 0.1) is 0 Å². The number of anilines is 4. The molecule has 5 heteroatoms. The summed E-state index contributed by atoms with van der Waals surface area (Å²) in [5, 5.41) is 6.97. The van der Waals surface area contributed by atoms with E-state index >= 15 is 0 Å².